The number of hydrogen-bond donors (Lipinski definition) is 1. The van der Waals surface area contributed by atoms with Crippen molar-refractivity contribution < 1.29 is 14.6 Å². The number of ether oxygens (including phenoxy) is 2. The molecule has 0 spiro atoms. The highest BCUT2D eigenvalue weighted by molar-refractivity contribution is 4.67. The van der Waals surface area contributed by atoms with Crippen molar-refractivity contribution in [3.8, 4) is 0 Å². The third kappa shape index (κ3) is 4.94. The number of aliphatic hydroxyl groups excluding tert-OH is 1. The molecule has 0 radical (unpaired) electrons. The fourth-order valence-electron chi connectivity index (χ4n) is 1.80. The van der Waals surface area contributed by atoms with Gasteiger partial charge in [-0.15, -0.1) is 0 Å². The minimum absolute atomic E-state index is 0.287. The van der Waals surface area contributed by atoms with Crippen molar-refractivity contribution in [3.05, 3.63) is 0 Å². The zero-order chi connectivity index (χ0) is 10.2. The Kier molecular flexibility index (Phi) is 6.15. The highest BCUT2D eigenvalue weighted by atomic mass is 16.5. The topological polar surface area (TPSA) is 38.7 Å². The summed E-state index contributed by atoms with van der Waals surface area (Å²) in [6.45, 7) is 5.03. The summed E-state index contributed by atoms with van der Waals surface area (Å²) in [4.78, 5) is 0. The van der Waals surface area contributed by atoms with Gasteiger partial charge in [-0.2, -0.15) is 0 Å². The number of hydrogen-bond acceptors (Lipinski definition) is 3. The van der Waals surface area contributed by atoms with E-state index < -0.39 is 0 Å². The van der Waals surface area contributed by atoms with Crippen molar-refractivity contribution >= 4 is 0 Å². The van der Waals surface area contributed by atoms with Gasteiger partial charge >= 0.3 is 0 Å². The number of rotatable bonds is 6. The van der Waals surface area contributed by atoms with Crippen molar-refractivity contribution in [2.45, 2.75) is 38.7 Å². The summed E-state index contributed by atoms with van der Waals surface area (Å²) in [5.74, 6) is 0.629. The molecule has 1 atom stereocenters. The van der Waals surface area contributed by atoms with Gasteiger partial charge in [0.25, 0.3) is 0 Å². The molecule has 1 fully saturated rings. The molecule has 1 heterocycles. The van der Waals surface area contributed by atoms with Gasteiger partial charge in [0.1, 0.15) is 0 Å². The van der Waals surface area contributed by atoms with Gasteiger partial charge in [-0.05, 0) is 31.6 Å². The first-order chi connectivity index (χ1) is 6.83. The van der Waals surface area contributed by atoms with Crippen molar-refractivity contribution in [2.75, 3.05) is 26.4 Å². The fraction of sp³-hybridized carbons (Fsp3) is 1.00. The summed E-state index contributed by atoms with van der Waals surface area (Å²) < 4.78 is 10.6. The molecule has 1 aliphatic rings. The molecule has 1 aliphatic heterocycles. The fourth-order valence-corrected chi connectivity index (χ4v) is 1.80. The first kappa shape index (κ1) is 12.0. The van der Waals surface area contributed by atoms with Gasteiger partial charge < -0.3 is 14.6 Å². The molecule has 1 N–H and O–H groups in total. The predicted octanol–water partition coefficient (Wildman–Crippen LogP) is 1.59. The lowest BCUT2D eigenvalue weighted by Gasteiger charge is -2.24. The SMILES string of the molecule is CCCOCC(O)CC1CCOCC1. The molecular formula is C11H22O3. The van der Waals surface area contributed by atoms with E-state index in [0.29, 0.717) is 12.5 Å². The lowest BCUT2D eigenvalue weighted by Crippen LogP contribution is -2.24. The Morgan fingerprint density at radius 1 is 1.43 bits per heavy atom. The van der Waals surface area contributed by atoms with Crippen LogP contribution in [0.25, 0.3) is 0 Å². The second-order valence-electron chi connectivity index (χ2n) is 4.02. The van der Waals surface area contributed by atoms with Crippen LogP contribution in [-0.2, 0) is 9.47 Å². The van der Waals surface area contributed by atoms with E-state index in [-0.39, 0.29) is 6.10 Å². The van der Waals surface area contributed by atoms with E-state index in [1.807, 2.05) is 0 Å². The molecule has 0 aromatic heterocycles. The summed E-state index contributed by atoms with van der Waals surface area (Å²) in [6, 6.07) is 0. The van der Waals surface area contributed by atoms with Gasteiger partial charge in [-0.3, -0.25) is 0 Å². The molecule has 0 aromatic rings. The average Bonchev–Trinajstić information content (AvgIpc) is 2.20. The molecule has 0 amide bonds. The molecule has 14 heavy (non-hydrogen) atoms. The Morgan fingerprint density at radius 3 is 2.79 bits per heavy atom. The van der Waals surface area contributed by atoms with E-state index >= 15 is 0 Å². The second-order valence-corrected chi connectivity index (χ2v) is 4.02. The summed E-state index contributed by atoms with van der Waals surface area (Å²) in [7, 11) is 0. The first-order valence-electron chi connectivity index (χ1n) is 5.66. The molecule has 1 rings (SSSR count). The van der Waals surface area contributed by atoms with Crippen molar-refractivity contribution in [1.82, 2.24) is 0 Å². The number of aliphatic hydroxyl groups is 1. The van der Waals surface area contributed by atoms with E-state index in [1.165, 1.54) is 0 Å². The molecule has 0 bridgehead atoms. The van der Waals surface area contributed by atoms with Gasteiger partial charge in [0.05, 0.1) is 12.7 Å². The van der Waals surface area contributed by atoms with Crippen LogP contribution < -0.4 is 0 Å². The Bertz CT molecular complexity index is 132. The van der Waals surface area contributed by atoms with Crippen molar-refractivity contribution in [3.63, 3.8) is 0 Å². The van der Waals surface area contributed by atoms with E-state index in [1.54, 1.807) is 0 Å². The highest BCUT2D eigenvalue weighted by Gasteiger charge is 2.17. The molecule has 1 saturated heterocycles. The first-order valence-corrected chi connectivity index (χ1v) is 5.66. The third-order valence-electron chi connectivity index (χ3n) is 2.60. The van der Waals surface area contributed by atoms with Crippen LogP contribution in [0.4, 0.5) is 0 Å². The van der Waals surface area contributed by atoms with E-state index in [2.05, 4.69) is 6.92 Å². The van der Waals surface area contributed by atoms with Crippen LogP contribution in [0.5, 0.6) is 0 Å². The summed E-state index contributed by atoms with van der Waals surface area (Å²) in [5.41, 5.74) is 0. The standard InChI is InChI=1S/C11H22O3/c1-2-5-14-9-11(12)8-10-3-6-13-7-4-10/h10-12H,2-9H2,1H3. The maximum Gasteiger partial charge on any atom is 0.0776 e. The van der Waals surface area contributed by atoms with Crippen LogP contribution in [0.3, 0.4) is 0 Å². The second kappa shape index (κ2) is 7.21. The van der Waals surface area contributed by atoms with Gasteiger partial charge in [0.15, 0.2) is 0 Å². The maximum atomic E-state index is 9.66. The van der Waals surface area contributed by atoms with E-state index in [4.69, 9.17) is 9.47 Å². The van der Waals surface area contributed by atoms with Crippen LogP contribution in [0.15, 0.2) is 0 Å². The Balaban J connectivity index is 2.03. The molecule has 0 aromatic carbocycles. The Labute approximate surface area is 86.4 Å². The van der Waals surface area contributed by atoms with Crippen LogP contribution in [0, 0.1) is 5.92 Å². The van der Waals surface area contributed by atoms with E-state index in [9.17, 15) is 5.11 Å². The quantitative estimate of drug-likeness (QED) is 0.665. The maximum absolute atomic E-state index is 9.66. The lowest BCUT2D eigenvalue weighted by atomic mass is 9.94. The molecule has 0 aliphatic carbocycles. The minimum Gasteiger partial charge on any atom is -0.391 e. The third-order valence-corrected chi connectivity index (χ3v) is 2.60. The zero-order valence-electron chi connectivity index (χ0n) is 9.08. The monoisotopic (exact) mass is 202 g/mol. The molecule has 84 valence electrons. The zero-order valence-corrected chi connectivity index (χ0v) is 9.08. The Hall–Kier alpha value is -0.120. The van der Waals surface area contributed by atoms with Crippen LogP contribution in [0.1, 0.15) is 32.6 Å². The van der Waals surface area contributed by atoms with Crippen molar-refractivity contribution in [1.29, 1.82) is 0 Å². The average molecular weight is 202 g/mol. The van der Waals surface area contributed by atoms with Crippen LogP contribution >= 0.6 is 0 Å². The smallest absolute Gasteiger partial charge is 0.0776 e. The highest BCUT2D eigenvalue weighted by Crippen LogP contribution is 2.20. The molecule has 3 heteroatoms. The molecule has 1 unspecified atom stereocenters. The normalized spacial score (nSPS) is 21.0. The molecule has 3 nitrogen and oxygen atoms in total. The lowest BCUT2D eigenvalue weighted by molar-refractivity contribution is 0.00407. The summed E-state index contributed by atoms with van der Waals surface area (Å²) in [5, 5.41) is 9.66. The van der Waals surface area contributed by atoms with Gasteiger partial charge in [-0.25, -0.2) is 0 Å². The molecular weight excluding hydrogens is 180 g/mol. The van der Waals surface area contributed by atoms with Crippen LogP contribution in [-0.4, -0.2) is 37.6 Å². The van der Waals surface area contributed by atoms with Gasteiger partial charge in [0, 0.05) is 19.8 Å². The van der Waals surface area contributed by atoms with Crippen LogP contribution in [0.2, 0.25) is 0 Å². The minimum atomic E-state index is -0.287. The largest absolute Gasteiger partial charge is 0.391 e. The Morgan fingerprint density at radius 2 is 2.14 bits per heavy atom. The van der Waals surface area contributed by atoms with E-state index in [0.717, 1.165) is 45.5 Å². The predicted molar refractivity (Wildman–Crippen MR) is 55.3 cm³/mol. The molecule has 0 saturated carbocycles. The van der Waals surface area contributed by atoms with Gasteiger partial charge in [0.2, 0.25) is 0 Å². The van der Waals surface area contributed by atoms with Gasteiger partial charge in [-0.1, -0.05) is 6.92 Å². The van der Waals surface area contributed by atoms with Crippen molar-refractivity contribution in [2.24, 2.45) is 5.92 Å². The summed E-state index contributed by atoms with van der Waals surface area (Å²) >= 11 is 0. The summed E-state index contributed by atoms with van der Waals surface area (Å²) in [6.07, 6.45) is 3.77.